The van der Waals surface area contributed by atoms with Crippen LogP contribution >= 0.6 is 0 Å². The molecule has 0 aromatic heterocycles. The lowest BCUT2D eigenvalue weighted by Crippen LogP contribution is -2.36. The first-order chi connectivity index (χ1) is 9.98. The summed E-state index contributed by atoms with van der Waals surface area (Å²) < 4.78 is 0. The summed E-state index contributed by atoms with van der Waals surface area (Å²) in [5, 5.41) is 0. The van der Waals surface area contributed by atoms with Gasteiger partial charge in [-0.3, -0.25) is 4.79 Å². The van der Waals surface area contributed by atoms with Crippen molar-refractivity contribution in [1.29, 1.82) is 0 Å². The summed E-state index contributed by atoms with van der Waals surface area (Å²) in [4.78, 5) is 16.8. The molecule has 0 heterocycles. The molecule has 4 nitrogen and oxygen atoms in total. The van der Waals surface area contributed by atoms with Gasteiger partial charge in [0.2, 0.25) is 5.91 Å². The molecular weight excluding hydrogens is 262 g/mol. The third kappa shape index (κ3) is 9.10. The van der Waals surface area contributed by atoms with Gasteiger partial charge in [0.05, 0.1) is 0 Å². The van der Waals surface area contributed by atoms with Crippen molar-refractivity contribution < 1.29 is 4.79 Å². The second-order valence-electron chi connectivity index (χ2n) is 6.29. The standard InChI is InChI=1S/C17H37N3O/c1-6-19(7-2)10-9-11-20(8-3)17(21)13-16(14-18)12-15(4)5/h15-16H,6-14,18H2,1-5H3. The fourth-order valence-electron chi connectivity index (χ4n) is 2.79. The summed E-state index contributed by atoms with van der Waals surface area (Å²) in [5.74, 6) is 1.20. The molecule has 0 radical (unpaired) electrons. The van der Waals surface area contributed by atoms with E-state index in [-0.39, 0.29) is 5.91 Å². The van der Waals surface area contributed by atoms with Crippen molar-refractivity contribution in [2.24, 2.45) is 17.6 Å². The molecule has 1 amide bonds. The summed E-state index contributed by atoms with van der Waals surface area (Å²) in [6, 6.07) is 0. The number of hydrogen-bond acceptors (Lipinski definition) is 3. The lowest BCUT2D eigenvalue weighted by molar-refractivity contribution is -0.132. The normalized spacial score (nSPS) is 13.0. The van der Waals surface area contributed by atoms with Crippen LogP contribution in [0.2, 0.25) is 0 Å². The highest BCUT2D eigenvalue weighted by molar-refractivity contribution is 5.76. The topological polar surface area (TPSA) is 49.6 Å². The highest BCUT2D eigenvalue weighted by atomic mass is 16.2. The first kappa shape index (κ1) is 20.4. The van der Waals surface area contributed by atoms with Gasteiger partial charge < -0.3 is 15.5 Å². The number of nitrogens with zero attached hydrogens (tertiary/aromatic N) is 2. The predicted octanol–water partition coefficient (Wildman–Crippen LogP) is 2.58. The summed E-state index contributed by atoms with van der Waals surface area (Å²) >= 11 is 0. The Morgan fingerprint density at radius 1 is 1.05 bits per heavy atom. The third-order valence-electron chi connectivity index (χ3n) is 4.13. The first-order valence-electron chi connectivity index (χ1n) is 8.68. The van der Waals surface area contributed by atoms with Crippen molar-refractivity contribution >= 4 is 5.91 Å². The molecule has 0 aromatic carbocycles. The van der Waals surface area contributed by atoms with Gasteiger partial charge in [0.15, 0.2) is 0 Å². The number of amides is 1. The van der Waals surface area contributed by atoms with E-state index in [2.05, 4.69) is 39.5 Å². The van der Waals surface area contributed by atoms with Crippen LogP contribution in [0.4, 0.5) is 0 Å². The highest BCUT2D eigenvalue weighted by Gasteiger charge is 2.18. The number of carbonyl (C=O) groups is 1. The summed E-state index contributed by atoms with van der Waals surface area (Å²) in [5.41, 5.74) is 5.81. The number of rotatable bonds is 12. The van der Waals surface area contributed by atoms with Crippen LogP contribution in [0.25, 0.3) is 0 Å². The monoisotopic (exact) mass is 299 g/mol. The Morgan fingerprint density at radius 2 is 1.67 bits per heavy atom. The Kier molecular flexibility index (Phi) is 11.6. The molecule has 0 aliphatic carbocycles. The van der Waals surface area contributed by atoms with Gasteiger partial charge >= 0.3 is 0 Å². The first-order valence-corrected chi connectivity index (χ1v) is 8.68. The zero-order valence-corrected chi connectivity index (χ0v) is 14.9. The zero-order chi connectivity index (χ0) is 16.3. The average molecular weight is 300 g/mol. The van der Waals surface area contributed by atoms with Gasteiger partial charge in [0, 0.05) is 19.5 Å². The molecule has 126 valence electrons. The van der Waals surface area contributed by atoms with Crippen LogP contribution in [0.3, 0.4) is 0 Å². The van der Waals surface area contributed by atoms with Crippen molar-refractivity contribution in [3.63, 3.8) is 0 Å². The Bertz CT molecular complexity index is 265. The largest absolute Gasteiger partial charge is 0.343 e. The van der Waals surface area contributed by atoms with Gasteiger partial charge in [0.1, 0.15) is 0 Å². The van der Waals surface area contributed by atoms with E-state index in [4.69, 9.17) is 5.73 Å². The lowest BCUT2D eigenvalue weighted by atomic mass is 9.94. The van der Waals surface area contributed by atoms with Crippen LogP contribution in [0.1, 0.15) is 53.9 Å². The summed E-state index contributed by atoms with van der Waals surface area (Å²) in [6.07, 6.45) is 2.70. The average Bonchev–Trinajstić information content (AvgIpc) is 2.46. The van der Waals surface area contributed by atoms with Crippen LogP contribution in [0, 0.1) is 11.8 Å². The maximum atomic E-state index is 12.4. The SMILES string of the molecule is CCN(CC)CCCN(CC)C(=O)CC(CN)CC(C)C. The summed E-state index contributed by atoms with van der Waals surface area (Å²) in [6.45, 7) is 16.3. The fourth-order valence-corrected chi connectivity index (χ4v) is 2.79. The molecule has 1 unspecified atom stereocenters. The molecular formula is C17H37N3O. The quantitative estimate of drug-likeness (QED) is 0.602. The Morgan fingerprint density at radius 3 is 2.10 bits per heavy atom. The van der Waals surface area contributed by atoms with Crippen molar-refractivity contribution in [3.05, 3.63) is 0 Å². The van der Waals surface area contributed by atoms with E-state index in [0.29, 0.717) is 24.8 Å². The van der Waals surface area contributed by atoms with E-state index >= 15 is 0 Å². The van der Waals surface area contributed by atoms with Gasteiger partial charge in [-0.25, -0.2) is 0 Å². The van der Waals surface area contributed by atoms with E-state index in [1.54, 1.807) is 0 Å². The highest BCUT2D eigenvalue weighted by Crippen LogP contribution is 2.15. The van der Waals surface area contributed by atoms with Gasteiger partial charge in [-0.2, -0.15) is 0 Å². The fraction of sp³-hybridized carbons (Fsp3) is 0.941. The molecule has 0 aromatic rings. The Hall–Kier alpha value is -0.610. The maximum Gasteiger partial charge on any atom is 0.222 e. The smallest absolute Gasteiger partial charge is 0.222 e. The third-order valence-corrected chi connectivity index (χ3v) is 4.13. The van der Waals surface area contributed by atoms with Gasteiger partial charge in [-0.15, -0.1) is 0 Å². The maximum absolute atomic E-state index is 12.4. The van der Waals surface area contributed by atoms with Crippen LogP contribution < -0.4 is 5.73 Å². The van der Waals surface area contributed by atoms with E-state index in [1.807, 2.05) is 4.90 Å². The molecule has 1 atom stereocenters. The molecule has 21 heavy (non-hydrogen) atoms. The number of hydrogen-bond donors (Lipinski definition) is 1. The minimum absolute atomic E-state index is 0.271. The minimum atomic E-state index is 0.271. The lowest BCUT2D eigenvalue weighted by Gasteiger charge is -2.26. The molecule has 2 N–H and O–H groups in total. The molecule has 0 bridgehead atoms. The molecule has 0 saturated carbocycles. The molecule has 0 aliphatic rings. The molecule has 0 fully saturated rings. The second-order valence-corrected chi connectivity index (χ2v) is 6.29. The van der Waals surface area contributed by atoms with E-state index in [9.17, 15) is 4.79 Å². The molecule has 4 heteroatoms. The Balaban J connectivity index is 4.22. The number of nitrogens with two attached hydrogens (primary N) is 1. The van der Waals surface area contributed by atoms with E-state index < -0.39 is 0 Å². The van der Waals surface area contributed by atoms with Crippen LogP contribution in [-0.4, -0.2) is 55.0 Å². The van der Waals surface area contributed by atoms with Gasteiger partial charge in [0.25, 0.3) is 0 Å². The van der Waals surface area contributed by atoms with E-state index in [0.717, 1.165) is 45.6 Å². The molecule has 0 saturated heterocycles. The van der Waals surface area contributed by atoms with Crippen molar-refractivity contribution in [2.45, 2.75) is 53.9 Å². The predicted molar refractivity (Wildman–Crippen MR) is 91.3 cm³/mol. The van der Waals surface area contributed by atoms with E-state index in [1.165, 1.54) is 0 Å². The van der Waals surface area contributed by atoms with Crippen LogP contribution in [0.5, 0.6) is 0 Å². The van der Waals surface area contributed by atoms with Crippen molar-refractivity contribution in [1.82, 2.24) is 9.80 Å². The minimum Gasteiger partial charge on any atom is -0.343 e. The van der Waals surface area contributed by atoms with Gasteiger partial charge in [-0.1, -0.05) is 27.7 Å². The second kappa shape index (κ2) is 12.0. The molecule has 0 aliphatic heterocycles. The van der Waals surface area contributed by atoms with Crippen molar-refractivity contribution in [2.75, 3.05) is 39.3 Å². The number of carbonyl (C=O) groups excluding carboxylic acids is 1. The van der Waals surface area contributed by atoms with Crippen LogP contribution in [-0.2, 0) is 4.79 Å². The summed E-state index contributed by atoms with van der Waals surface area (Å²) in [7, 11) is 0. The van der Waals surface area contributed by atoms with Gasteiger partial charge in [-0.05, 0) is 57.8 Å². The Labute approximate surface area is 132 Å². The molecule has 0 spiro atoms. The molecule has 0 rings (SSSR count). The van der Waals surface area contributed by atoms with Crippen LogP contribution in [0.15, 0.2) is 0 Å². The van der Waals surface area contributed by atoms with Crippen molar-refractivity contribution in [3.8, 4) is 0 Å². The zero-order valence-electron chi connectivity index (χ0n) is 14.9.